The van der Waals surface area contributed by atoms with Gasteiger partial charge in [-0.3, -0.25) is 0 Å². The molecule has 0 aliphatic carbocycles. The first-order chi connectivity index (χ1) is 9.08. The van der Waals surface area contributed by atoms with E-state index in [2.05, 4.69) is 37.1 Å². The molecule has 0 saturated heterocycles. The molecule has 19 heavy (non-hydrogen) atoms. The molecular weight excluding hydrogens is 260 g/mol. The second-order valence-electron chi connectivity index (χ2n) is 5.02. The summed E-state index contributed by atoms with van der Waals surface area (Å²) in [6.07, 6.45) is 1.05. The van der Waals surface area contributed by atoms with Gasteiger partial charge >= 0.3 is 0 Å². The van der Waals surface area contributed by atoms with Gasteiger partial charge in [-0.15, -0.1) is 0 Å². The Morgan fingerprint density at radius 1 is 1.32 bits per heavy atom. The molecule has 2 N–H and O–H groups in total. The third-order valence-corrected chi connectivity index (χ3v) is 3.19. The molecule has 0 bridgehead atoms. The number of hydrogen-bond donors (Lipinski definition) is 2. The SMILES string of the molecule is CCCN(CCO)c1cc(Cl)ccc1CNC(C)C. The number of hydrogen-bond acceptors (Lipinski definition) is 3. The van der Waals surface area contributed by atoms with Crippen LogP contribution in [0.4, 0.5) is 5.69 Å². The molecular formula is C15H25ClN2O. The number of aliphatic hydroxyl groups excluding tert-OH is 1. The van der Waals surface area contributed by atoms with Gasteiger partial charge in [0.15, 0.2) is 0 Å². The molecule has 0 saturated carbocycles. The number of nitrogens with zero attached hydrogens (tertiary/aromatic N) is 1. The van der Waals surface area contributed by atoms with Gasteiger partial charge in [0.2, 0.25) is 0 Å². The van der Waals surface area contributed by atoms with Crippen LogP contribution in [0.3, 0.4) is 0 Å². The molecule has 0 aliphatic heterocycles. The lowest BCUT2D eigenvalue weighted by Gasteiger charge is -2.26. The fraction of sp³-hybridized carbons (Fsp3) is 0.600. The lowest BCUT2D eigenvalue weighted by atomic mass is 10.1. The molecule has 3 nitrogen and oxygen atoms in total. The summed E-state index contributed by atoms with van der Waals surface area (Å²) in [7, 11) is 0. The molecule has 0 heterocycles. The van der Waals surface area contributed by atoms with E-state index in [0.29, 0.717) is 12.6 Å². The number of halogens is 1. The van der Waals surface area contributed by atoms with Crippen molar-refractivity contribution in [3.63, 3.8) is 0 Å². The monoisotopic (exact) mass is 284 g/mol. The van der Waals surface area contributed by atoms with E-state index in [1.807, 2.05) is 12.1 Å². The van der Waals surface area contributed by atoms with Crippen LogP contribution in [-0.2, 0) is 6.54 Å². The normalized spacial score (nSPS) is 11.1. The molecule has 0 fully saturated rings. The third kappa shape index (κ3) is 5.39. The van der Waals surface area contributed by atoms with Crippen molar-refractivity contribution in [2.24, 2.45) is 0 Å². The van der Waals surface area contributed by atoms with Crippen molar-refractivity contribution in [2.45, 2.75) is 39.8 Å². The van der Waals surface area contributed by atoms with Gasteiger partial charge in [0.1, 0.15) is 0 Å². The lowest BCUT2D eigenvalue weighted by Crippen LogP contribution is -2.30. The van der Waals surface area contributed by atoms with Crippen molar-refractivity contribution in [2.75, 3.05) is 24.6 Å². The van der Waals surface area contributed by atoms with Gasteiger partial charge in [-0.05, 0) is 24.1 Å². The van der Waals surface area contributed by atoms with Gasteiger partial charge in [-0.1, -0.05) is 38.4 Å². The molecule has 0 amide bonds. The highest BCUT2D eigenvalue weighted by Crippen LogP contribution is 2.25. The van der Waals surface area contributed by atoms with Gasteiger partial charge in [0, 0.05) is 36.4 Å². The van der Waals surface area contributed by atoms with Crippen molar-refractivity contribution in [1.82, 2.24) is 5.32 Å². The Morgan fingerprint density at radius 2 is 2.05 bits per heavy atom. The van der Waals surface area contributed by atoms with E-state index in [4.69, 9.17) is 11.6 Å². The maximum Gasteiger partial charge on any atom is 0.0606 e. The minimum Gasteiger partial charge on any atom is -0.395 e. The Labute approximate surface area is 121 Å². The van der Waals surface area contributed by atoms with Gasteiger partial charge in [0.05, 0.1) is 6.61 Å². The molecule has 0 aliphatic rings. The van der Waals surface area contributed by atoms with E-state index in [9.17, 15) is 5.11 Å². The molecule has 4 heteroatoms. The standard InChI is InChI=1S/C15H25ClN2O/c1-4-7-18(8-9-19)15-10-14(16)6-5-13(15)11-17-12(2)3/h5-6,10,12,17,19H,4,7-9,11H2,1-3H3. The van der Waals surface area contributed by atoms with Crippen LogP contribution < -0.4 is 10.2 Å². The largest absolute Gasteiger partial charge is 0.395 e. The number of benzene rings is 1. The van der Waals surface area contributed by atoms with E-state index >= 15 is 0 Å². The fourth-order valence-corrected chi connectivity index (χ4v) is 2.20. The summed E-state index contributed by atoms with van der Waals surface area (Å²) < 4.78 is 0. The molecule has 0 radical (unpaired) electrons. The third-order valence-electron chi connectivity index (χ3n) is 2.95. The topological polar surface area (TPSA) is 35.5 Å². The van der Waals surface area contributed by atoms with E-state index in [1.165, 1.54) is 5.56 Å². The molecule has 0 unspecified atom stereocenters. The zero-order valence-electron chi connectivity index (χ0n) is 12.1. The molecule has 0 atom stereocenters. The van der Waals surface area contributed by atoms with Crippen LogP contribution >= 0.6 is 11.6 Å². The summed E-state index contributed by atoms with van der Waals surface area (Å²) in [6, 6.07) is 6.42. The molecule has 1 rings (SSSR count). The summed E-state index contributed by atoms with van der Waals surface area (Å²) in [5.74, 6) is 0. The predicted molar refractivity (Wildman–Crippen MR) is 83.0 cm³/mol. The highest BCUT2D eigenvalue weighted by molar-refractivity contribution is 6.30. The Balaban J connectivity index is 2.95. The van der Waals surface area contributed by atoms with Crippen molar-refractivity contribution < 1.29 is 5.11 Å². The summed E-state index contributed by atoms with van der Waals surface area (Å²) in [5, 5.41) is 13.4. The van der Waals surface area contributed by atoms with Gasteiger partial charge in [0.25, 0.3) is 0 Å². The Kier molecular flexibility index (Phi) is 7.21. The van der Waals surface area contributed by atoms with Crippen LogP contribution in [0.2, 0.25) is 5.02 Å². The molecule has 108 valence electrons. The zero-order chi connectivity index (χ0) is 14.3. The average Bonchev–Trinajstić information content (AvgIpc) is 2.37. The van der Waals surface area contributed by atoms with Crippen LogP contribution in [0.1, 0.15) is 32.8 Å². The quantitative estimate of drug-likeness (QED) is 0.770. The molecule has 1 aromatic carbocycles. The van der Waals surface area contributed by atoms with Crippen molar-refractivity contribution in [1.29, 1.82) is 0 Å². The first kappa shape index (κ1) is 16.3. The highest BCUT2D eigenvalue weighted by Gasteiger charge is 2.11. The summed E-state index contributed by atoms with van der Waals surface area (Å²) in [6.45, 7) is 8.94. The van der Waals surface area contributed by atoms with Crippen LogP contribution in [0.25, 0.3) is 0 Å². The van der Waals surface area contributed by atoms with Crippen molar-refractivity contribution in [3.05, 3.63) is 28.8 Å². The maximum absolute atomic E-state index is 9.21. The fourth-order valence-electron chi connectivity index (χ4n) is 2.04. The molecule has 0 spiro atoms. The second kappa shape index (κ2) is 8.41. The van der Waals surface area contributed by atoms with E-state index in [0.717, 1.165) is 30.2 Å². The van der Waals surface area contributed by atoms with Gasteiger partial charge in [-0.25, -0.2) is 0 Å². The highest BCUT2D eigenvalue weighted by atomic mass is 35.5. The van der Waals surface area contributed by atoms with Crippen molar-refractivity contribution in [3.8, 4) is 0 Å². The molecule has 1 aromatic rings. The minimum atomic E-state index is 0.156. The number of nitrogens with one attached hydrogen (secondary N) is 1. The van der Waals surface area contributed by atoms with E-state index in [1.54, 1.807) is 0 Å². The van der Waals surface area contributed by atoms with Crippen molar-refractivity contribution >= 4 is 17.3 Å². The zero-order valence-corrected chi connectivity index (χ0v) is 12.9. The van der Waals surface area contributed by atoms with Gasteiger partial charge in [-0.2, -0.15) is 0 Å². The first-order valence-corrected chi connectivity index (χ1v) is 7.33. The number of aliphatic hydroxyl groups is 1. The van der Waals surface area contributed by atoms with E-state index < -0.39 is 0 Å². The minimum absolute atomic E-state index is 0.156. The van der Waals surface area contributed by atoms with Gasteiger partial charge < -0.3 is 15.3 Å². The van der Waals surface area contributed by atoms with E-state index in [-0.39, 0.29) is 6.61 Å². The smallest absolute Gasteiger partial charge is 0.0606 e. The van der Waals surface area contributed by atoms with Crippen LogP contribution in [-0.4, -0.2) is 30.8 Å². The maximum atomic E-state index is 9.21. The second-order valence-corrected chi connectivity index (χ2v) is 5.46. The first-order valence-electron chi connectivity index (χ1n) is 6.96. The number of anilines is 1. The number of rotatable bonds is 8. The Hall–Kier alpha value is -0.770. The predicted octanol–water partition coefficient (Wildman–Crippen LogP) is 3.05. The van der Waals surface area contributed by atoms with Crippen LogP contribution in [0.5, 0.6) is 0 Å². The summed E-state index contributed by atoms with van der Waals surface area (Å²) >= 11 is 6.11. The Morgan fingerprint density at radius 3 is 2.63 bits per heavy atom. The Bertz CT molecular complexity index is 376. The lowest BCUT2D eigenvalue weighted by molar-refractivity contribution is 0.301. The van der Waals surface area contributed by atoms with Crippen LogP contribution in [0.15, 0.2) is 18.2 Å². The average molecular weight is 285 g/mol. The summed E-state index contributed by atoms with van der Waals surface area (Å²) in [4.78, 5) is 2.20. The van der Waals surface area contributed by atoms with Crippen LogP contribution in [0, 0.1) is 0 Å². The molecule has 0 aromatic heterocycles. The summed E-state index contributed by atoms with van der Waals surface area (Å²) in [5.41, 5.74) is 2.34.